The predicted octanol–water partition coefficient (Wildman–Crippen LogP) is 3.67. The number of aryl methyl sites for hydroxylation is 3. The summed E-state index contributed by atoms with van der Waals surface area (Å²) >= 11 is 1.46. The van der Waals surface area contributed by atoms with Crippen LogP contribution >= 0.6 is 11.3 Å². The average Bonchev–Trinajstić information content (AvgIpc) is 2.82. The Hall–Kier alpha value is -2.67. The summed E-state index contributed by atoms with van der Waals surface area (Å²) in [4.78, 5) is 37.9. The molecule has 1 heterocycles. The molecule has 1 aliphatic carbocycles. The van der Waals surface area contributed by atoms with Crippen molar-refractivity contribution in [2.75, 3.05) is 5.32 Å². The summed E-state index contributed by atoms with van der Waals surface area (Å²) in [6, 6.07) is 5.55. The molecular weight excluding hydrogens is 374 g/mol. The Morgan fingerprint density at radius 3 is 2.39 bits per heavy atom. The van der Waals surface area contributed by atoms with Crippen molar-refractivity contribution in [3.8, 4) is 0 Å². The molecule has 0 spiro atoms. The lowest BCUT2D eigenvalue weighted by Crippen LogP contribution is -2.40. The molecule has 0 bridgehead atoms. The number of hydrazine groups is 1. The maximum absolute atomic E-state index is 12.8. The van der Waals surface area contributed by atoms with Crippen LogP contribution in [0.15, 0.2) is 18.2 Å². The molecule has 3 amide bonds. The molecule has 0 unspecified atom stereocenters. The Kier molecular flexibility index (Phi) is 6.14. The fraction of sp³-hybridized carbons (Fsp3) is 0.381. The van der Waals surface area contributed by atoms with Gasteiger partial charge in [0.25, 0.3) is 11.8 Å². The van der Waals surface area contributed by atoms with E-state index in [9.17, 15) is 14.4 Å². The summed E-state index contributed by atoms with van der Waals surface area (Å²) in [6.45, 7) is 5.29. The molecule has 6 nitrogen and oxygen atoms in total. The summed E-state index contributed by atoms with van der Waals surface area (Å²) in [5, 5.41) is 3.47. The first-order valence-corrected chi connectivity index (χ1v) is 10.3. The van der Waals surface area contributed by atoms with Gasteiger partial charge < -0.3 is 5.32 Å². The van der Waals surface area contributed by atoms with E-state index in [-0.39, 0.29) is 11.8 Å². The summed E-state index contributed by atoms with van der Waals surface area (Å²) in [5.74, 6) is -0.992. The number of fused-ring (bicyclic) bond motifs is 1. The third kappa shape index (κ3) is 4.42. The van der Waals surface area contributed by atoms with E-state index in [4.69, 9.17) is 0 Å². The van der Waals surface area contributed by atoms with Crippen LogP contribution < -0.4 is 16.2 Å². The lowest BCUT2D eigenvalue weighted by Gasteiger charge is -2.11. The summed E-state index contributed by atoms with van der Waals surface area (Å²) < 4.78 is 0. The first-order chi connectivity index (χ1) is 13.4. The molecule has 1 aliphatic rings. The predicted molar refractivity (Wildman–Crippen MR) is 111 cm³/mol. The fourth-order valence-corrected chi connectivity index (χ4v) is 4.62. The molecule has 7 heteroatoms. The molecule has 3 rings (SSSR count). The summed E-state index contributed by atoms with van der Waals surface area (Å²) in [5.41, 5.74) is 8.95. The fourth-order valence-electron chi connectivity index (χ4n) is 3.34. The maximum atomic E-state index is 12.8. The molecule has 0 radical (unpaired) electrons. The number of carbonyl (C=O) groups excluding carboxylic acids is 3. The highest BCUT2D eigenvalue weighted by molar-refractivity contribution is 7.17. The number of benzene rings is 1. The lowest BCUT2D eigenvalue weighted by molar-refractivity contribution is -0.119. The molecule has 1 aromatic heterocycles. The van der Waals surface area contributed by atoms with E-state index in [2.05, 4.69) is 16.2 Å². The van der Waals surface area contributed by atoms with E-state index in [1.54, 1.807) is 6.07 Å². The Balaban J connectivity index is 1.92. The van der Waals surface area contributed by atoms with Gasteiger partial charge in [-0.1, -0.05) is 12.5 Å². The van der Waals surface area contributed by atoms with Crippen LogP contribution in [0.3, 0.4) is 0 Å². The number of thiophene rings is 1. The number of nitrogens with one attached hydrogen (secondary N) is 3. The van der Waals surface area contributed by atoms with Gasteiger partial charge in [0.05, 0.1) is 5.56 Å². The molecule has 3 N–H and O–H groups in total. The Morgan fingerprint density at radius 1 is 0.929 bits per heavy atom. The molecule has 0 atom stereocenters. The van der Waals surface area contributed by atoms with Gasteiger partial charge in [-0.05, 0) is 68.4 Å². The van der Waals surface area contributed by atoms with E-state index in [1.165, 1.54) is 18.3 Å². The van der Waals surface area contributed by atoms with Gasteiger partial charge in [0.15, 0.2) is 0 Å². The van der Waals surface area contributed by atoms with Crippen LogP contribution in [0, 0.1) is 13.8 Å². The van der Waals surface area contributed by atoms with Crippen LogP contribution in [0.25, 0.3) is 0 Å². The van der Waals surface area contributed by atoms with Gasteiger partial charge in [-0.3, -0.25) is 25.2 Å². The van der Waals surface area contributed by atoms with Gasteiger partial charge in [0, 0.05) is 17.4 Å². The smallest absolute Gasteiger partial charge is 0.272 e. The summed E-state index contributed by atoms with van der Waals surface area (Å²) in [6.07, 6.45) is 4.91. The second-order valence-corrected chi connectivity index (χ2v) is 8.26. The highest BCUT2D eigenvalue weighted by Gasteiger charge is 2.26. The minimum atomic E-state index is -0.398. The van der Waals surface area contributed by atoms with Gasteiger partial charge in [-0.25, -0.2) is 0 Å². The van der Waals surface area contributed by atoms with Crippen LogP contribution in [-0.4, -0.2) is 17.7 Å². The van der Waals surface area contributed by atoms with Gasteiger partial charge in [0.2, 0.25) is 5.91 Å². The number of hydrogen-bond acceptors (Lipinski definition) is 4. The van der Waals surface area contributed by atoms with Gasteiger partial charge in [-0.2, -0.15) is 0 Å². The van der Waals surface area contributed by atoms with Crippen LogP contribution in [0.4, 0.5) is 5.00 Å². The van der Waals surface area contributed by atoms with E-state index < -0.39 is 5.91 Å². The van der Waals surface area contributed by atoms with Gasteiger partial charge in [0.1, 0.15) is 5.00 Å². The van der Waals surface area contributed by atoms with E-state index >= 15 is 0 Å². The van der Waals surface area contributed by atoms with Crippen LogP contribution in [0.2, 0.25) is 0 Å². The zero-order valence-corrected chi connectivity index (χ0v) is 17.2. The third-order valence-corrected chi connectivity index (χ3v) is 6.20. The number of rotatable bonds is 3. The standard InChI is InChI=1S/C21H25N3O3S/c1-12-9-10-15(11-13(12)2)19(26)22-21-18(20(27)24-23-14(3)25)16-7-5-4-6-8-17(16)28-21/h9-11H,4-8H2,1-3H3,(H,22,26)(H,23,25)(H,24,27). The average molecular weight is 400 g/mol. The molecule has 2 aromatic rings. The van der Waals surface area contributed by atoms with Crippen LogP contribution in [-0.2, 0) is 17.6 Å². The van der Waals surface area contributed by atoms with Crippen LogP contribution in [0.5, 0.6) is 0 Å². The molecular formula is C21H25N3O3S. The Bertz CT molecular complexity index is 933. The zero-order valence-electron chi connectivity index (χ0n) is 16.4. The first kappa shape index (κ1) is 20.1. The maximum Gasteiger partial charge on any atom is 0.272 e. The van der Waals surface area contributed by atoms with E-state index in [0.717, 1.165) is 53.7 Å². The van der Waals surface area contributed by atoms with Gasteiger partial charge in [-0.15, -0.1) is 11.3 Å². The molecule has 0 saturated carbocycles. The SMILES string of the molecule is CC(=O)NNC(=O)c1c(NC(=O)c2ccc(C)c(C)c2)sc2c1CCCCC2. The zero-order chi connectivity index (χ0) is 20.3. The highest BCUT2D eigenvalue weighted by Crippen LogP contribution is 2.37. The van der Waals surface area contributed by atoms with Crippen molar-refractivity contribution in [3.63, 3.8) is 0 Å². The third-order valence-electron chi connectivity index (χ3n) is 5.00. The van der Waals surface area contributed by atoms with Crippen molar-refractivity contribution in [1.29, 1.82) is 0 Å². The highest BCUT2D eigenvalue weighted by atomic mass is 32.1. The number of amides is 3. The lowest BCUT2D eigenvalue weighted by atomic mass is 10.0. The first-order valence-electron chi connectivity index (χ1n) is 9.47. The molecule has 1 aromatic carbocycles. The van der Waals surface area contributed by atoms with Crippen molar-refractivity contribution >= 4 is 34.1 Å². The molecule has 0 aliphatic heterocycles. The second kappa shape index (κ2) is 8.56. The van der Waals surface area contributed by atoms with Crippen molar-refractivity contribution in [1.82, 2.24) is 10.9 Å². The largest absolute Gasteiger partial charge is 0.313 e. The van der Waals surface area contributed by atoms with Gasteiger partial charge >= 0.3 is 0 Å². The summed E-state index contributed by atoms with van der Waals surface area (Å²) in [7, 11) is 0. The van der Waals surface area contributed by atoms with E-state index in [1.807, 2.05) is 26.0 Å². The Morgan fingerprint density at radius 2 is 1.68 bits per heavy atom. The van der Waals surface area contributed by atoms with Crippen molar-refractivity contribution < 1.29 is 14.4 Å². The molecule has 0 fully saturated rings. The molecule has 0 saturated heterocycles. The van der Waals surface area contributed by atoms with Crippen molar-refractivity contribution in [2.24, 2.45) is 0 Å². The number of anilines is 1. The minimum Gasteiger partial charge on any atom is -0.313 e. The molecule has 148 valence electrons. The number of carbonyl (C=O) groups is 3. The monoisotopic (exact) mass is 399 g/mol. The van der Waals surface area contributed by atoms with Crippen molar-refractivity contribution in [3.05, 3.63) is 50.9 Å². The second-order valence-electron chi connectivity index (χ2n) is 7.16. The quantitative estimate of drug-likeness (QED) is 0.544. The normalized spacial score (nSPS) is 13.2. The Labute approximate surface area is 168 Å². The molecule has 28 heavy (non-hydrogen) atoms. The van der Waals surface area contributed by atoms with Crippen LogP contribution in [0.1, 0.15) is 68.5 Å². The minimum absolute atomic E-state index is 0.243. The van der Waals surface area contributed by atoms with E-state index in [0.29, 0.717) is 16.1 Å². The topological polar surface area (TPSA) is 87.3 Å². The van der Waals surface area contributed by atoms with Crippen molar-refractivity contribution in [2.45, 2.75) is 52.9 Å². The number of hydrogen-bond donors (Lipinski definition) is 3.